The summed E-state index contributed by atoms with van der Waals surface area (Å²) in [6.45, 7) is 2.58. The zero-order valence-corrected chi connectivity index (χ0v) is 14.2. The van der Waals surface area contributed by atoms with Gasteiger partial charge >= 0.3 is 0 Å². The smallest absolute Gasteiger partial charge is 0.264 e. The van der Waals surface area contributed by atoms with Gasteiger partial charge in [0.05, 0.1) is 10.8 Å². The van der Waals surface area contributed by atoms with Gasteiger partial charge in [-0.15, -0.1) is 11.3 Å². The Morgan fingerprint density at radius 1 is 1.22 bits per heavy atom. The van der Waals surface area contributed by atoms with Crippen LogP contribution in [0.3, 0.4) is 0 Å². The molecule has 1 aromatic heterocycles. The second kappa shape index (κ2) is 6.68. The molecule has 0 saturated carbocycles. The van der Waals surface area contributed by atoms with Crippen LogP contribution >= 0.6 is 11.3 Å². The third kappa shape index (κ3) is 3.38. The molecule has 2 heterocycles. The number of hydrogen-bond donors (Lipinski definition) is 1. The molecule has 1 aliphatic heterocycles. The van der Waals surface area contributed by atoms with Crippen LogP contribution < -0.4 is 5.32 Å². The molecule has 2 aromatic rings. The first-order valence-electron chi connectivity index (χ1n) is 7.76. The van der Waals surface area contributed by atoms with E-state index in [-0.39, 0.29) is 17.7 Å². The van der Waals surface area contributed by atoms with Crippen LogP contribution in [0.15, 0.2) is 30.3 Å². The molecule has 1 aliphatic rings. The molecule has 0 bridgehead atoms. The Labute approximate surface area is 139 Å². The molecule has 0 radical (unpaired) electrons. The van der Waals surface area contributed by atoms with E-state index in [1.54, 1.807) is 7.05 Å². The van der Waals surface area contributed by atoms with Gasteiger partial charge in [-0.1, -0.05) is 18.2 Å². The van der Waals surface area contributed by atoms with E-state index in [4.69, 9.17) is 0 Å². The van der Waals surface area contributed by atoms with E-state index >= 15 is 0 Å². The highest BCUT2D eigenvalue weighted by atomic mass is 32.1. The number of nitrogens with zero attached hydrogens (tertiary/aromatic N) is 2. The lowest BCUT2D eigenvalue weighted by atomic mass is 10.1. The zero-order chi connectivity index (χ0) is 16.4. The van der Waals surface area contributed by atoms with Crippen LogP contribution in [0.25, 0.3) is 10.1 Å². The molecule has 122 valence electrons. The maximum atomic E-state index is 12.9. The highest BCUT2D eigenvalue weighted by molar-refractivity contribution is 7.20. The number of thiophene rings is 1. The molecular formula is C17H21N3O2S. The highest BCUT2D eigenvalue weighted by Gasteiger charge is 2.29. The van der Waals surface area contributed by atoms with Gasteiger partial charge in [-0.05, 0) is 24.6 Å². The number of rotatable bonds is 2. The summed E-state index contributed by atoms with van der Waals surface area (Å²) in [5, 5.41) is 3.80. The van der Waals surface area contributed by atoms with Crippen LogP contribution in [-0.4, -0.2) is 61.9 Å². The molecule has 0 spiro atoms. The normalized spacial score (nSPS) is 19.6. The summed E-state index contributed by atoms with van der Waals surface area (Å²) >= 11 is 1.52. The number of carbonyl (C=O) groups excluding carboxylic acids is 2. The van der Waals surface area contributed by atoms with Crippen molar-refractivity contribution in [1.82, 2.24) is 15.1 Å². The van der Waals surface area contributed by atoms with Crippen LogP contribution in [-0.2, 0) is 4.79 Å². The molecule has 6 heteroatoms. The maximum Gasteiger partial charge on any atom is 0.264 e. The van der Waals surface area contributed by atoms with Crippen molar-refractivity contribution >= 4 is 33.2 Å². The SMILES string of the molecule is CNC(=O)[C@H]1CN(C)CCN(C(=O)c2cc3ccccc3s2)C1. The number of carbonyl (C=O) groups is 2. The van der Waals surface area contributed by atoms with E-state index in [1.165, 1.54) is 11.3 Å². The van der Waals surface area contributed by atoms with E-state index < -0.39 is 0 Å². The first-order valence-corrected chi connectivity index (χ1v) is 8.58. The van der Waals surface area contributed by atoms with Crippen molar-refractivity contribution in [3.8, 4) is 0 Å². The van der Waals surface area contributed by atoms with Crippen molar-refractivity contribution in [2.45, 2.75) is 0 Å². The van der Waals surface area contributed by atoms with Crippen LogP contribution in [0.4, 0.5) is 0 Å². The van der Waals surface area contributed by atoms with Gasteiger partial charge in [0.2, 0.25) is 5.91 Å². The molecule has 1 saturated heterocycles. The fourth-order valence-electron chi connectivity index (χ4n) is 2.97. The quantitative estimate of drug-likeness (QED) is 0.910. The standard InChI is InChI=1S/C17H21N3O2S/c1-18-16(21)13-10-19(2)7-8-20(11-13)17(22)15-9-12-5-3-4-6-14(12)23-15/h3-6,9,13H,7-8,10-11H2,1-2H3,(H,18,21)/t13-/m0/s1. The lowest BCUT2D eigenvalue weighted by Gasteiger charge is -2.22. The van der Waals surface area contributed by atoms with Crippen LogP contribution in [0.1, 0.15) is 9.67 Å². The van der Waals surface area contributed by atoms with Gasteiger partial charge in [-0.2, -0.15) is 0 Å². The Morgan fingerprint density at radius 3 is 2.74 bits per heavy atom. The third-order valence-electron chi connectivity index (χ3n) is 4.27. The molecule has 1 N–H and O–H groups in total. The van der Waals surface area contributed by atoms with E-state index in [2.05, 4.69) is 10.2 Å². The number of nitrogens with one attached hydrogen (secondary N) is 1. The second-order valence-corrected chi connectivity index (χ2v) is 7.06. The van der Waals surface area contributed by atoms with Crippen LogP contribution in [0, 0.1) is 5.92 Å². The minimum Gasteiger partial charge on any atom is -0.359 e. The first kappa shape index (κ1) is 16.0. The maximum absolute atomic E-state index is 12.9. The molecule has 2 amide bonds. The topological polar surface area (TPSA) is 52.7 Å². The predicted molar refractivity (Wildman–Crippen MR) is 92.8 cm³/mol. The Hall–Kier alpha value is -1.92. The highest BCUT2D eigenvalue weighted by Crippen LogP contribution is 2.26. The number of amides is 2. The minimum atomic E-state index is -0.189. The molecule has 23 heavy (non-hydrogen) atoms. The largest absolute Gasteiger partial charge is 0.359 e. The van der Waals surface area contributed by atoms with Gasteiger partial charge < -0.3 is 15.1 Å². The lowest BCUT2D eigenvalue weighted by molar-refractivity contribution is -0.125. The summed E-state index contributed by atoms with van der Waals surface area (Å²) in [5.74, 6) is -0.172. The molecule has 1 aromatic carbocycles. The number of benzene rings is 1. The van der Waals surface area contributed by atoms with Gasteiger partial charge in [-0.3, -0.25) is 9.59 Å². The van der Waals surface area contributed by atoms with E-state index in [0.29, 0.717) is 19.6 Å². The summed E-state index contributed by atoms with van der Waals surface area (Å²) in [5.41, 5.74) is 0. The van der Waals surface area contributed by atoms with E-state index in [1.807, 2.05) is 42.3 Å². The monoisotopic (exact) mass is 331 g/mol. The summed E-state index contributed by atoms with van der Waals surface area (Å²) in [6, 6.07) is 9.96. The summed E-state index contributed by atoms with van der Waals surface area (Å²) in [4.78, 5) is 29.6. The zero-order valence-electron chi connectivity index (χ0n) is 13.4. The van der Waals surface area contributed by atoms with E-state index in [9.17, 15) is 9.59 Å². The van der Waals surface area contributed by atoms with Gasteiger partial charge in [-0.25, -0.2) is 0 Å². The summed E-state index contributed by atoms with van der Waals surface area (Å²) < 4.78 is 1.12. The van der Waals surface area contributed by atoms with Gasteiger partial charge in [0.15, 0.2) is 0 Å². The average molecular weight is 331 g/mol. The molecule has 0 unspecified atom stereocenters. The molecule has 3 rings (SSSR count). The van der Waals surface area contributed by atoms with Crippen LogP contribution in [0.5, 0.6) is 0 Å². The molecule has 0 aliphatic carbocycles. The lowest BCUT2D eigenvalue weighted by Crippen LogP contribution is -2.41. The Balaban J connectivity index is 1.83. The Bertz CT molecular complexity index is 694. The summed E-state index contributed by atoms with van der Waals surface area (Å²) in [6.07, 6.45) is 0. The number of fused-ring (bicyclic) bond motifs is 1. The predicted octanol–water partition coefficient (Wildman–Crippen LogP) is 1.65. The average Bonchev–Trinajstić information content (AvgIpc) is 2.90. The molecule has 1 fully saturated rings. The van der Waals surface area contributed by atoms with Gasteiger partial charge in [0.1, 0.15) is 0 Å². The van der Waals surface area contributed by atoms with Gasteiger partial charge in [0, 0.05) is 37.9 Å². The minimum absolute atomic E-state index is 0.00658. The fourth-order valence-corrected chi connectivity index (χ4v) is 4.00. The third-order valence-corrected chi connectivity index (χ3v) is 5.37. The Kier molecular flexibility index (Phi) is 4.63. The van der Waals surface area contributed by atoms with Crippen LogP contribution in [0.2, 0.25) is 0 Å². The molecular weight excluding hydrogens is 310 g/mol. The van der Waals surface area contributed by atoms with E-state index in [0.717, 1.165) is 21.5 Å². The van der Waals surface area contributed by atoms with Crippen molar-refractivity contribution in [1.29, 1.82) is 0 Å². The van der Waals surface area contributed by atoms with Gasteiger partial charge in [0.25, 0.3) is 5.91 Å². The van der Waals surface area contributed by atoms with Crippen molar-refractivity contribution in [3.63, 3.8) is 0 Å². The van der Waals surface area contributed by atoms with Crippen molar-refractivity contribution in [2.75, 3.05) is 40.3 Å². The molecule has 1 atom stereocenters. The number of likely N-dealkylation sites (N-methyl/N-ethyl adjacent to an activating group) is 1. The fraction of sp³-hybridized carbons (Fsp3) is 0.412. The van der Waals surface area contributed by atoms with Crippen molar-refractivity contribution in [3.05, 3.63) is 35.2 Å². The number of hydrogen-bond acceptors (Lipinski definition) is 4. The summed E-state index contributed by atoms with van der Waals surface area (Å²) in [7, 11) is 3.63. The molecule has 5 nitrogen and oxygen atoms in total. The van der Waals surface area contributed by atoms with Crippen molar-refractivity contribution < 1.29 is 9.59 Å². The first-order chi connectivity index (χ1) is 11.1. The van der Waals surface area contributed by atoms with Crippen molar-refractivity contribution in [2.24, 2.45) is 5.92 Å². The Morgan fingerprint density at radius 2 is 2.00 bits per heavy atom. The second-order valence-electron chi connectivity index (χ2n) is 5.97.